The second-order valence-electron chi connectivity index (χ2n) is 6.22. The summed E-state index contributed by atoms with van der Waals surface area (Å²) in [6, 6.07) is 15.9. The summed E-state index contributed by atoms with van der Waals surface area (Å²) < 4.78 is 5.71. The average Bonchev–Trinajstić information content (AvgIpc) is 3.10. The molecule has 6 heteroatoms. The number of aromatic amines is 1. The highest BCUT2D eigenvalue weighted by Crippen LogP contribution is 2.39. The molecule has 136 valence electrons. The van der Waals surface area contributed by atoms with Crippen molar-refractivity contribution in [2.45, 2.75) is 12.5 Å². The van der Waals surface area contributed by atoms with Gasteiger partial charge in [0.2, 0.25) is 11.2 Å². The molecule has 27 heavy (non-hydrogen) atoms. The standard InChI is InChI=1S/C21H16ClNO4/c22-13-7-5-12(6-8-13)19(16-10-23-17-4-2-1-3-15(16)17)21-20(26)18(25)9-14(11-24)27-21/h1-10,19,23-24,26H,11H2. The Kier molecular flexibility index (Phi) is 4.48. The molecule has 3 N–H and O–H groups in total. The molecule has 0 saturated carbocycles. The number of fused-ring (bicyclic) bond motifs is 1. The Hall–Kier alpha value is -3.02. The molecule has 0 fully saturated rings. The second-order valence-corrected chi connectivity index (χ2v) is 6.66. The normalized spacial score (nSPS) is 12.4. The number of aromatic hydroxyl groups is 1. The van der Waals surface area contributed by atoms with E-state index in [9.17, 15) is 15.0 Å². The van der Waals surface area contributed by atoms with Crippen LogP contribution in [-0.2, 0) is 6.61 Å². The number of para-hydroxylation sites is 1. The maximum absolute atomic E-state index is 12.2. The molecule has 2 aromatic heterocycles. The third-order valence-electron chi connectivity index (χ3n) is 4.55. The zero-order chi connectivity index (χ0) is 19.0. The lowest BCUT2D eigenvalue weighted by Crippen LogP contribution is -2.10. The van der Waals surface area contributed by atoms with Crippen molar-refractivity contribution >= 4 is 22.5 Å². The number of aliphatic hydroxyl groups is 1. The summed E-state index contributed by atoms with van der Waals surface area (Å²) in [5.74, 6) is -0.861. The van der Waals surface area contributed by atoms with E-state index in [1.54, 1.807) is 12.1 Å². The molecular weight excluding hydrogens is 366 g/mol. The molecule has 1 atom stereocenters. The molecule has 0 spiro atoms. The second kappa shape index (κ2) is 6.95. The molecule has 0 saturated heterocycles. The van der Waals surface area contributed by atoms with E-state index in [-0.39, 0.29) is 11.5 Å². The van der Waals surface area contributed by atoms with E-state index in [1.807, 2.05) is 42.6 Å². The zero-order valence-electron chi connectivity index (χ0n) is 14.1. The van der Waals surface area contributed by atoms with Crippen molar-refractivity contribution in [1.82, 2.24) is 4.98 Å². The fraction of sp³-hybridized carbons (Fsp3) is 0.0952. The number of H-pyrrole nitrogens is 1. The zero-order valence-corrected chi connectivity index (χ0v) is 14.9. The highest BCUT2D eigenvalue weighted by atomic mass is 35.5. The van der Waals surface area contributed by atoms with Gasteiger partial charge in [-0.25, -0.2) is 0 Å². The molecule has 0 amide bonds. The van der Waals surface area contributed by atoms with E-state index in [2.05, 4.69) is 4.98 Å². The van der Waals surface area contributed by atoms with Gasteiger partial charge in [0, 0.05) is 28.2 Å². The molecule has 0 aliphatic heterocycles. The minimum absolute atomic E-state index is 0.0821. The van der Waals surface area contributed by atoms with Crippen molar-refractivity contribution in [3.8, 4) is 5.75 Å². The molecule has 0 bridgehead atoms. The Bertz CT molecular complexity index is 1160. The first-order valence-electron chi connectivity index (χ1n) is 8.36. The van der Waals surface area contributed by atoms with Crippen molar-refractivity contribution in [2.24, 2.45) is 0 Å². The van der Waals surface area contributed by atoms with E-state index < -0.39 is 23.7 Å². The molecule has 0 aliphatic carbocycles. The Morgan fingerprint density at radius 3 is 2.59 bits per heavy atom. The van der Waals surface area contributed by atoms with Gasteiger partial charge in [0.1, 0.15) is 12.4 Å². The van der Waals surface area contributed by atoms with Gasteiger partial charge in [0.15, 0.2) is 5.76 Å². The van der Waals surface area contributed by atoms with E-state index in [1.165, 1.54) is 0 Å². The predicted octanol–water partition coefficient (Wildman–Crippen LogP) is 4.15. The number of hydrogen-bond acceptors (Lipinski definition) is 4. The van der Waals surface area contributed by atoms with Crippen LogP contribution in [0.2, 0.25) is 5.02 Å². The van der Waals surface area contributed by atoms with Gasteiger partial charge >= 0.3 is 0 Å². The third kappa shape index (κ3) is 3.12. The number of aromatic nitrogens is 1. The van der Waals surface area contributed by atoms with Crippen molar-refractivity contribution in [1.29, 1.82) is 0 Å². The molecule has 4 rings (SSSR count). The summed E-state index contributed by atoms with van der Waals surface area (Å²) in [4.78, 5) is 15.4. The number of halogens is 1. The molecular formula is C21H16ClNO4. The lowest BCUT2D eigenvalue weighted by Gasteiger charge is -2.18. The van der Waals surface area contributed by atoms with Gasteiger partial charge in [0.25, 0.3) is 0 Å². The molecule has 4 aromatic rings. The summed E-state index contributed by atoms with van der Waals surface area (Å²) in [5.41, 5.74) is 1.95. The summed E-state index contributed by atoms with van der Waals surface area (Å²) in [6.07, 6.45) is 1.83. The number of hydrogen-bond donors (Lipinski definition) is 3. The monoisotopic (exact) mass is 381 g/mol. The van der Waals surface area contributed by atoms with Gasteiger partial charge in [-0.05, 0) is 29.3 Å². The maximum atomic E-state index is 12.2. The Labute approximate surface area is 159 Å². The Morgan fingerprint density at radius 2 is 1.85 bits per heavy atom. The van der Waals surface area contributed by atoms with Gasteiger partial charge in [-0.3, -0.25) is 4.79 Å². The Morgan fingerprint density at radius 1 is 1.11 bits per heavy atom. The largest absolute Gasteiger partial charge is 0.502 e. The van der Waals surface area contributed by atoms with Gasteiger partial charge in [-0.1, -0.05) is 41.9 Å². The first-order valence-corrected chi connectivity index (χ1v) is 8.74. The fourth-order valence-electron chi connectivity index (χ4n) is 3.29. The summed E-state index contributed by atoms with van der Waals surface area (Å²) in [5, 5.41) is 21.4. The third-order valence-corrected chi connectivity index (χ3v) is 4.81. The van der Waals surface area contributed by atoms with E-state index >= 15 is 0 Å². The average molecular weight is 382 g/mol. The highest BCUT2D eigenvalue weighted by Gasteiger charge is 2.27. The first-order chi connectivity index (χ1) is 13.1. The highest BCUT2D eigenvalue weighted by molar-refractivity contribution is 6.30. The molecule has 2 aromatic carbocycles. The minimum atomic E-state index is -0.598. The van der Waals surface area contributed by atoms with E-state index in [0.29, 0.717) is 5.02 Å². The van der Waals surface area contributed by atoms with Crippen molar-refractivity contribution in [3.05, 3.63) is 98.7 Å². The van der Waals surface area contributed by atoms with Gasteiger partial charge < -0.3 is 19.6 Å². The van der Waals surface area contributed by atoms with Crippen LogP contribution < -0.4 is 5.43 Å². The topological polar surface area (TPSA) is 86.5 Å². The van der Waals surface area contributed by atoms with Crippen LogP contribution in [0.1, 0.15) is 28.6 Å². The maximum Gasteiger partial charge on any atom is 0.227 e. The smallest absolute Gasteiger partial charge is 0.227 e. The van der Waals surface area contributed by atoms with E-state index in [0.717, 1.165) is 28.1 Å². The number of nitrogens with one attached hydrogen (secondary N) is 1. The predicted molar refractivity (Wildman–Crippen MR) is 103 cm³/mol. The van der Waals surface area contributed by atoms with Gasteiger partial charge in [0.05, 0.1) is 5.92 Å². The fourth-order valence-corrected chi connectivity index (χ4v) is 3.41. The lowest BCUT2D eigenvalue weighted by atomic mass is 9.88. The van der Waals surface area contributed by atoms with Crippen LogP contribution in [0.15, 0.2) is 70.0 Å². The molecule has 2 heterocycles. The first kappa shape index (κ1) is 17.4. The van der Waals surface area contributed by atoms with Crippen LogP contribution in [0, 0.1) is 0 Å². The van der Waals surface area contributed by atoms with Crippen molar-refractivity contribution in [2.75, 3.05) is 0 Å². The lowest BCUT2D eigenvalue weighted by molar-refractivity contribution is 0.235. The van der Waals surface area contributed by atoms with Crippen molar-refractivity contribution in [3.63, 3.8) is 0 Å². The number of rotatable bonds is 4. The summed E-state index contributed by atoms with van der Waals surface area (Å²) in [7, 11) is 0. The quantitative estimate of drug-likeness (QED) is 0.495. The van der Waals surface area contributed by atoms with Gasteiger partial charge in [-0.15, -0.1) is 0 Å². The summed E-state index contributed by atoms with van der Waals surface area (Å²) in [6.45, 7) is -0.441. The van der Waals surface area contributed by atoms with Crippen LogP contribution in [0.3, 0.4) is 0 Å². The van der Waals surface area contributed by atoms with Crippen molar-refractivity contribution < 1.29 is 14.6 Å². The SMILES string of the molecule is O=c1cc(CO)oc(C(c2ccc(Cl)cc2)c2c[nH]c3ccccc23)c1O. The summed E-state index contributed by atoms with van der Waals surface area (Å²) >= 11 is 6.02. The Balaban J connectivity index is 2.02. The van der Waals surface area contributed by atoms with Crippen LogP contribution in [0.25, 0.3) is 10.9 Å². The van der Waals surface area contributed by atoms with Crippen LogP contribution >= 0.6 is 11.6 Å². The van der Waals surface area contributed by atoms with Crippen LogP contribution in [0.4, 0.5) is 0 Å². The number of benzene rings is 2. The number of aliphatic hydroxyl groups excluding tert-OH is 1. The van der Waals surface area contributed by atoms with E-state index in [4.69, 9.17) is 16.0 Å². The van der Waals surface area contributed by atoms with Gasteiger partial charge in [-0.2, -0.15) is 0 Å². The van der Waals surface area contributed by atoms with Crippen LogP contribution in [0.5, 0.6) is 5.75 Å². The molecule has 0 radical (unpaired) electrons. The molecule has 1 unspecified atom stereocenters. The minimum Gasteiger partial charge on any atom is -0.502 e. The van der Waals surface area contributed by atoms with Crippen LogP contribution in [-0.4, -0.2) is 15.2 Å². The molecule has 5 nitrogen and oxygen atoms in total. The molecule has 0 aliphatic rings.